The molecule has 0 rings (SSSR count). The summed E-state index contributed by atoms with van der Waals surface area (Å²) in [5.74, 6) is 0. The lowest BCUT2D eigenvalue weighted by Crippen LogP contribution is -2.31. The molecule has 0 heterocycles. The van der Waals surface area contributed by atoms with E-state index in [0.29, 0.717) is 10.5 Å². The van der Waals surface area contributed by atoms with Gasteiger partial charge in [0.15, 0.2) is 0 Å². The highest BCUT2D eigenvalue weighted by atomic mass is 28.2. The van der Waals surface area contributed by atoms with E-state index in [2.05, 4.69) is 4.43 Å². The maximum Gasteiger partial charge on any atom is 0.395 e. The molecule has 1 amide bonds. The predicted molar refractivity (Wildman–Crippen MR) is 44.0 cm³/mol. The first-order valence-corrected chi connectivity index (χ1v) is 4.40. The van der Waals surface area contributed by atoms with E-state index < -0.39 is 0 Å². The molecule has 60 valence electrons. The second kappa shape index (κ2) is 5.29. The fourth-order valence-corrected chi connectivity index (χ4v) is 1.04. The lowest BCUT2D eigenvalue weighted by atomic mass is 10.4. The van der Waals surface area contributed by atoms with Crippen LogP contribution in [-0.4, -0.2) is 34.6 Å². The van der Waals surface area contributed by atoms with Crippen LogP contribution in [0.25, 0.3) is 0 Å². The van der Waals surface area contributed by atoms with Crippen molar-refractivity contribution < 1.29 is 9.22 Å². The van der Waals surface area contributed by atoms with Crippen LogP contribution >= 0.6 is 0 Å². The standard InChI is InChI=1S/C6H15NO2Si/c1-3-5-7(4-2)6(8)9-10/h3-5H2,1-2,10H3. The number of nitrogens with zero attached hydrogens (tertiary/aromatic N) is 1. The molecule has 0 bridgehead atoms. The Bertz CT molecular complexity index is 108. The van der Waals surface area contributed by atoms with E-state index in [1.807, 2.05) is 13.8 Å². The highest BCUT2D eigenvalue weighted by Gasteiger charge is 2.07. The van der Waals surface area contributed by atoms with Gasteiger partial charge in [0, 0.05) is 13.1 Å². The summed E-state index contributed by atoms with van der Waals surface area (Å²) < 4.78 is 4.68. The maximum absolute atomic E-state index is 10.9. The average Bonchev–Trinajstić information content (AvgIpc) is 1.99. The number of carbonyl (C=O) groups excluding carboxylic acids is 1. The van der Waals surface area contributed by atoms with Crippen LogP contribution in [-0.2, 0) is 4.43 Å². The third kappa shape index (κ3) is 2.86. The molecule has 0 aliphatic carbocycles. The molecule has 0 aliphatic rings. The number of carbonyl (C=O) groups is 1. The number of rotatable bonds is 3. The summed E-state index contributed by atoms with van der Waals surface area (Å²) in [6, 6.07) is 0. The third-order valence-electron chi connectivity index (χ3n) is 1.31. The first-order valence-electron chi connectivity index (χ1n) is 3.59. The Morgan fingerprint density at radius 3 is 2.50 bits per heavy atom. The van der Waals surface area contributed by atoms with E-state index in [0.717, 1.165) is 19.5 Å². The van der Waals surface area contributed by atoms with Crippen molar-refractivity contribution in [2.75, 3.05) is 13.1 Å². The summed E-state index contributed by atoms with van der Waals surface area (Å²) in [4.78, 5) is 12.6. The van der Waals surface area contributed by atoms with Gasteiger partial charge < -0.3 is 9.33 Å². The van der Waals surface area contributed by atoms with Gasteiger partial charge in [-0.1, -0.05) is 6.92 Å². The van der Waals surface area contributed by atoms with Gasteiger partial charge in [0.1, 0.15) is 0 Å². The molecule has 0 saturated heterocycles. The summed E-state index contributed by atoms with van der Waals surface area (Å²) in [6.45, 7) is 5.55. The van der Waals surface area contributed by atoms with Gasteiger partial charge in [-0.05, 0) is 13.3 Å². The van der Waals surface area contributed by atoms with E-state index in [1.54, 1.807) is 4.90 Å². The van der Waals surface area contributed by atoms with Crippen molar-refractivity contribution in [1.82, 2.24) is 4.90 Å². The van der Waals surface area contributed by atoms with Gasteiger partial charge in [0.25, 0.3) is 0 Å². The molecule has 0 aromatic heterocycles. The lowest BCUT2D eigenvalue weighted by molar-refractivity contribution is 0.158. The van der Waals surface area contributed by atoms with Crippen molar-refractivity contribution in [1.29, 1.82) is 0 Å². The second-order valence-electron chi connectivity index (χ2n) is 2.05. The number of hydrogen-bond acceptors (Lipinski definition) is 2. The minimum atomic E-state index is -0.170. The van der Waals surface area contributed by atoms with E-state index in [-0.39, 0.29) is 6.09 Å². The Kier molecular flexibility index (Phi) is 5.01. The monoisotopic (exact) mass is 161 g/mol. The molecule has 0 atom stereocenters. The fraction of sp³-hybridized carbons (Fsp3) is 0.833. The maximum atomic E-state index is 10.9. The van der Waals surface area contributed by atoms with Gasteiger partial charge in [-0.3, -0.25) is 0 Å². The van der Waals surface area contributed by atoms with Crippen LogP contribution in [0, 0.1) is 0 Å². The number of hydrogen-bond donors (Lipinski definition) is 0. The van der Waals surface area contributed by atoms with Crippen LogP contribution in [0.1, 0.15) is 20.3 Å². The summed E-state index contributed by atoms with van der Waals surface area (Å²) in [7, 11) is 0.491. The van der Waals surface area contributed by atoms with Crippen molar-refractivity contribution in [3.05, 3.63) is 0 Å². The van der Waals surface area contributed by atoms with Crippen LogP contribution in [0.3, 0.4) is 0 Å². The third-order valence-corrected chi connectivity index (χ3v) is 1.66. The molecule has 0 spiro atoms. The normalized spacial score (nSPS) is 9.40. The van der Waals surface area contributed by atoms with Crippen molar-refractivity contribution in [2.24, 2.45) is 0 Å². The van der Waals surface area contributed by atoms with Gasteiger partial charge in [-0.2, -0.15) is 0 Å². The first kappa shape index (κ1) is 9.49. The summed E-state index contributed by atoms with van der Waals surface area (Å²) >= 11 is 0. The molecule has 0 fully saturated rings. The number of amides is 1. The molecule has 0 N–H and O–H groups in total. The van der Waals surface area contributed by atoms with E-state index in [1.165, 1.54) is 0 Å². The van der Waals surface area contributed by atoms with Crippen LogP contribution in [0.4, 0.5) is 4.79 Å². The Hall–Kier alpha value is -0.513. The summed E-state index contributed by atoms with van der Waals surface area (Å²) in [6.07, 6.45) is 0.820. The zero-order chi connectivity index (χ0) is 7.98. The largest absolute Gasteiger partial charge is 0.513 e. The Morgan fingerprint density at radius 1 is 1.60 bits per heavy atom. The first-order chi connectivity index (χ1) is 4.76. The highest BCUT2D eigenvalue weighted by Crippen LogP contribution is 1.93. The smallest absolute Gasteiger partial charge is 0.395 e. The van der Waals surface area contributed by atoms with E-state index in [4.69, 9.17) is 0 Å². The van der Waals surface area contributed by atoms with Crippen LogP contribution < -0.4 is 0 Å². The van der Waals surface area contributed by atoms with Crippen molar-refractivity contribution >= 4 is 16.6 Å². The van der Waals surface area contributed by atoms with Crippen LogP contribution in [0.5, 0.6) is 0 Å². The zero-order valence-corrected chi connectivity index (χ0v) is 8.89. The fourth-order valence-electron chi connectivity index (χ4n) is 0.778. The van der Waals surface area contributed by atoms with Crippen molar-refractivity contribution in [3.63, 3.8) is 0 Å². The molecule has 0 saturated carbocycles. The van der Waals surface area contributed by atoms with E-state index in [9.17, 15) is 4.79 Å². The zero-order valence-electron chi connectivity index (χ0n) is 6.89. The van der Waals surface area contributed by atoms with Crippen LogP contribution in [0.2, 0.25) is 0 Å². The van der Waals surface area contributed by atoms with Gasteiger partial charge in [0.2, 0.25) is 10.5 Å². The van der Waals surface area contributed by atoms with Gasteiger partial charge in [-0.25, -0.2) is 4.79 Å². The second-order valence-corrected chi connectivity index (χ2v) is 2.46. The molecular weight excluding hydrogens is 146 g/mol. The average molecular weight is 161 g/mol. The van der Waals surface area contributed by atoms with Crippen LogP contribution in [0.15, 0.2) is 0 Å². The molecule has 0 aromatic carbocycles. The van der Waals surface area contributed by atoms with E-state index >= 15 is 0 Å². The molecule has 10 heavy (non-hydrogen) atoms. The summed E-state index contributed by atoms with van der Waals surface area (Å²) in [5.41, 5.74) is 0. The molecule has 0 unspecified atom stereocenters. The molecular formula is C6H15NO2Si. The minimum Gasteiger partial charge on any atom is -0.513 e. The summed E-state index contributed by atoms with van der Waals surface area (Å²) in [5, 5.41) is 0. The Morgan fingerprint density at radius 2 is 2.20 bits per heavy atom. The van der Waals surface area contributed by atoms with Gasteiger partial charge in [0.05, 0.1) is 0 Å². The Labute approximate surface area is 64.9 Å². The van der Waals surface area contributed by atoms with Gasteiger partial charge >= 0.3 is 6.09 Å². The molecule has 0 radical (unpaired) electrons. The minimum absolute atomic E-state index is 0.170. The molecule has 3 nitrogen and oxygen atoms in total. The highest BCUT2D eigenvalue weighted by molar-refractivity contribution is 6.04. The molecule has 4 heteroatoms. The lowest BCUT2D eigenvalue weighted by Gasteiger charge is -2.17. The topological polar surface area (TPSA) is 29.5 Å². The molecule has 0 aliphatic heterocycles. The van der Waals surface area contributed by atoms with Gasteiger partial charge in [-0.15, -0.1) is 0 Å². The molecule has 0 aromatic rings. The quantitative estimate of drug-likeness (QED) is 0.551. The van der Waals surface area contributed by atoms with Crippen molar-refractivity contribution in [2.45, 2.75) is 20.3 Å². The predicted octanol–water partition coefficient (Wildman–Crippen LogP) is 0.135. The van der Waals surface area contributed by atoms with Crippen molar-refractivity contribution in [3.8, 4) is 0 Å². The SMILES string of the molecule is CCCN(CC)C(=O)O[SiH3]. The Balaban J connectivity index is 3.68.